The fraction of sp³-hybridized carbons (Fsp3) is 0.237. The first-order valence-corrected chi connectivity index (χ1v) is 15.5. The van der Waals surface area contributed by atoms with Crippen LogP contribution in [0.4, 0.5) is 0 Å². The van der Waals surface area contributed by atoms with Crippen LogP contribution in [-0.2, 0) is 25.7 Å². The molecule has 0 aliphatic carbocycles. The third-order valence-electron chi connectivity index (χ3n) is 8.47. The predicted octanol–water partition coefficient (Wildman–Crippen LogP) is 6.94. The second-order valence-corrected chi connectivity index (χ2v) is 11.7. The van der Waals surface area contributed by atoms with E-state index in [-0.39, 0.29) is 12.5 Å². The van der Waals surface area contributed by atoms with E-state index in [1.54, 1.807) is 23.1 Å². The highest BCUT2D eigenvalue weighted by molar-refractivity contribution is 5.89. The number of benzene rings is 4. The molecule has 0 unspecified atom stereocenters. The maximum atomic E-state index is 14.0. The summed E-state index contributed by atoms with van der Waals surface area (Å²) in [5.41, 5.74) is 3.41. The lowest BCUT2D eigenvalue weighted by molar-refractivity contribution is -0.151. The maximum absolute atomic E-state index is 14.0. The van der Waals surface area contributed by atoms with Gasteiger partial charge in [0, 0.05) is 24.9 Å². The van der Waals surface area contributed by atoms with Gasteiger partial charge in [0.1, 0.15) is 5.52 Å². The van der Waals surface area contributed by atoms with E-state index >= 15 is 0 Å². The second kappa shape index (κ2) is 15.2. The van der Waals surface area contributed by atoms with Gasteiger partial charge in [0.05, 0.1) is 25.0 Å². The molecule has 2 N–H and O–H groups in total. The third kappa shape index (κ3) is 8.14. The van der Waals surface area contributed by atoms with E-state index in [9.17, 15) is 29.4 Å². The third-order valence-corrected chi connectivity index (χ3v) is 8.47. The summed E-state index contributed by atoms with van der Waals surface area (Å²) in [5, 5.41) is 21.1. The molecule has 1 aromatic heterocycles. The van der Waals surface area contributed by atoms with Crippen LogP contribution in [0.15, 0.2) is 101 Å². The fourth-order valence-corrected chi connectivity index (χ4v) is 5.87. The normalized spacial score (nSPS) is 13.3. The van der Waals surface area contributed by atoms with E-state index in [1.165, 1.54) is 7.11 Å². The Morgan fingerprint density at radius 1 is 0.896 bits per heavy atom. The van der Waals surface area contributed by atoms with Crippen LogP contribution in [0.1, 0.15) is 59.5 Å². The standard InChI is InChI=1S/C38H36N2O8/c1-24(40(35(41)21-30(37(44)45)22-36(42)43)23-25-14-15-26-8-3-4-9-29(26)20-25)31(27-16-18-28(19-17-27)38(46)47-2)10-7-13-34-39-32-11-5-6-12-33(32)48-34/h3-9,11-20,24,30-31H,10,21-23H2,1-2H3,(H,42,43)(H,44,45)/b13-7-/t24-,30-,31+/m1/s1. The molecule has 0 saturated heterocycles. The van der Waals surface area contributed by atoms with Gasteiger partial charge in [0.2, 0.25) is 11.8 Å². The monoisotopic (exact) mass is 648 g/mol. The van der Waals surface area contributed by atoms with E-state index in [2.05, 4.69) is 4.98 Å². The number of allylic oxidation sites excluding steroid dienone is 1. The molecule has 48 heavy (non-hydrogen) atoms. The zero-order valence-corrected chi connectivity index (χ0v) is 26.6. The quantitative estimate of drug-likeness (QED) is 0.122. The Balaban J connectivity index is 1.51. The van der Waals surface area contributed by atoms with Crippen molar-refractivity contribution in [2.45, 2.75) is 44.7 Å². The first-order chi connectivity index (χ1) is 23.1. The lowest BCUT2D eigenvalue weighted by atomic mass is 9.87. The number of hydrogen-bond acceptors (Lipinski definition) is 7. The van der Waals surface area contributed by atoms with Gasteiger partial charge in [-0.05, 0) is 71.7 Å². The van der Waals surface area contributed by atoms with Gasteiger partial charge < -0.3 is 24.3 Å². The van der Waals surface area contributed by atoms with Crippen LogP contribution in [0.2, 0.25) is 0 Å². The first kappa shape index (κ1) is 33.6. The Morgan fingerprint density at radius 2 is 1.60 bits per heavy atom. The van der Waals surface area contributed by atoms with Crippen LogP contribution in [0.3, 0.4) is 0 Å². The number of esters is 1. The van der Waals surface area contributed by atoms with Crippen molar-refractivity contribution in [1.82, 2.24) is 9.88 Å². The molecular weight excluding hydrogens is 612 g/mol. The van der Waals surface area contributed by atoms with Gasteiger partial charge in [0.15, 0.2) is 5.58 Å². The van der Waals surface area contributed by atoms with Crippen molar-refractivity contribution in [3.05, 3.63) is 120 Å². The molecule has 0 fully saturated rings. The summed E-state index contributed by atoms with van der Waals surface area (Å²) in [6, 6.07) is 27.6. The SMILES string of the molecule is COC(=O)c1ccc([C@@H](C/C=C\c2nc3ccccc3o2)[C@@H](C)N(Cc2ccc3ccccc3c2)C(=O)C[C@H](CC(=O)O)C(=O)O)cc1. The highest BCUT2D eigenvalue weighted by atomic mass is 16.5. The number of fused-ring (bicyclic) bond motifs is 2. The Hall–Kier alpha value is -5.77. The van der Waals surface area contributed by atoms with Crippen LogP contribution < -0.4 is 0 Å². The molecule has 5 rings (SSSR count). The molecule has 246 valence electrons. The lowest BCUT2D eigenvalue weighted by Crippen LogP contribution is -2.43. The van der Waals surface area contributed by atoms with Crippen LogP contribution in [0.5, 0.6) is 0 Å². The first-order valence-electron chi connectivity index (χ1n) is 15.5. The van der Waals surface area contributed by atoms with Gasteiger partial charge in [0.25, 0.3) is 0 Å². The topological polar surface area (TPSA) is 147 Å². The van der Waals surface area contributed by atoms with E-state index in [1.807, 2.05) is 91.9 Å². The van der Waals surface area contributed by atoms with Gasteiger partial charge in [-0.2, -0.15) is 0 Å². The zero-order chi connectivity index (χ0) is 34.2. The minimum Gasteiger partial charge on any atom is -0.481 e. The van der Waals surface area contributed by atoms with E-state index < -0.39 is 48.6 Å². The number of amides is 1. The Kier molecular flexibility index (Phi) is 10.6. The number of hydrogen-bond donors (Lipinski definition) is 2. The van der Waals surface area contributed by atoms with Gasteiger partial charge in [-0.3, -0.25) is 14.4 Å². The van der Waals surface area contributed by atoms with Crippen molar-refractivity contribution in [1.29, 1.82) is 0 Å². The average Bonchev–Trinajstić information content (AvgIpc) is 3.51. The van der Waals surface area contributed by atoms with Crippen LogP contribution in [0, 0.1) is 5.92 Å². The summed E-state index contributed by atoms with van der Waals surface area (Å²) in [6.45, 7) is 2.05. The number of carboxylic acid groups (broad SMARTS) is 2. The van der Waals surface area contributed by atoms with Gasteiger partial charge >= 0.3 is 17.9 Å². The van der Waals surface area contributed by atoms with Crippen molar-refractivity contribution in [2.24, 2.45) is 5.92 Å². The zero-order valence-electron chi connectivity index (χ0n) is 26.6. The molecule has 10 heteroatoms. The number of ether oxygens (including phenoxy) is 1. The van der Waals surface area contributed by atoms with Crippen molar-refractivity contribution in [2.75, 3.05) is 7.11 Å². The highest BCUT2D eigenvalue weighted by Gasteiger charge is 2.32. The van der Waals surface area contributed by atoms with Gasteiger partial charge in [-0.25, -0.2) is 9.78 Å². The molecule has 0 radical (unpaired) electrons. The van der Waals surface area contributed by atoms with Gasteiger partial charge in [-0.15, -0.1) is 0 Å². The van der Waals surface area contributed by atoms with Gasteiger partial charge in [-0.1, -0.05) is 66.7 Å². The maximum Gasteiger partial charge on any atom is 0.337 e. The summed E-state index contributed by atoms with van der Waals surface area (Å²) in [5.74, 6) is -4.90. The molecular formula is C38H36N2O8. The largest absolute Gasteiger partial charge is 0.481 e. The minimum absolute atomic E-state index is 0.163. The summed E-state index contributed by atoms with van der Waals surface area (Å²) >= 11 is 0. The molecule has 4 aromatic carbocycles. The molecule has 0 aliphatic heterocycles. The number of carbonyl (C=O) groups excluding carboxylic acids is 2. The second-order valence-electron chi connectivity index (χ2n) is 11.7. The molecule has 1 heterocycles. The number of para-hydroxylation sites is 2. The Morgan fingerprint density at radius 3 is 2.29 bits per heavy atom. The number of aromatic nitrogens is 1. The fourth-order valence-electron chi connectivity index (χ4n) is 5.87. The van der Waals surface area contributed by atoms with E-state index in [4.69, 9.17) is 9.15 Å². The smallest absolute Gasteiger partial charge is 0.337 e. The molecule has 0 saturated carbocycles. The number of aliphatic carboxylic acids is 2. The highest BCUT2D eigenvalue weighted by Crippen LogP contribution is 2.31. The number of nitrogens with zero attached hydrogens (tertiary/aromatic N) is 2. The number of methoxy groups -OCH3 is 1. The van der Waals surface area contributed by atoms with E-state index in [0.29, 0.717) is 23.5 Å². The van der Waals surface area contributed by atoms with Crippen molar-refractivity contribution >= 4 is 51.8 Å². The van der Waals surface area contributed by atoms with E-state index in [0.717, 1.165) is 27.4 Å². The van der Waals surface area contributed by atoms with Crippen molar-refractivity contribution in [3.63, 3.8) is 0 Å². The molecule has 5 aromatic rings. The summed E-state index contributed by atoms with van der Waals surface area (Å²) in [6.07, 6.45) is 2.95. The molecule has 1 amide bonds. The van der Waals surface area contributed by atoms with Crippen LogP contribution in [0.25, 0.3) is 27.9 Å². The minimum atomic E-state index is -1.39. The molecule has 0 bridgehead atoms. The van der Waals surface area contributed by atoms with Crippen molar-refractivity contribution < 1.29 is 38.5 Å². The summed E-state index contributed by atoms with van der Waals surface area (Å²) < 4.78 is 10.7. The van der Waals surface area contributed by atoms with Crippen LogP contribution in [-0.4, -0.2) is 57.1 Å². The number of rotatable bonds is 14. The molecule has 10 nitrogen and oxygen atoms in total. The number of oxazole rings is 1. The summed E-state index contributed by atoms with van der Waals surface area (Å²) in [7, 11) is 1.31. The van der Waals surface area contributed by atoms with Crippen LogP contribution >= 0.6 is 0 Å². The average molecular weight is 649 g/mol. The summed E-state index contributed by atoms with van der Waals surface area (Å²) in [4.78, 5) is 55.8. The molecule has 3 atom stereocenters. The number of carbonyl (C=O) groups is 4. The van der Waals surface area contributed by atoms with Crippen molar-refractivity contribution in [3.8, 4) is 0 Å². The molecule has 0 aliphatic rings. The number of carboxylic acids is 2. The Bertz CT molecular complexity index is 1930. The molecule has 0 spiro atoms. The lowest BCUT2D eigenvalue weighted by Gasteiger charge is -2.36. The predicted molar refractivity (Wildman–Crippen MR) is 180 cm³/mol. The Labute approximate surface area is 277 Å².